The summed E-state index contributed by atoms with van der Waals surface area (Å²) in [5.74, 6) is 1.08. The van der Waals surface area contributed by atoms with Gasteiger partial charge in [-0.2, -0.15) is 4.31 Å². The molecule has 1 fully saturated rings. The third-order valence-corrected chi connectivity index (χ3v) is 8.67. The summed E-state index contributed by atoms with van der Waals surface area (Å²) in [7, 11) is -3.53. The quantitative estimate of drug-likeness (QED) is 0.454. The van der Waals surface area contributed by atoms with Gasteiger partial charge >= 0.3 is 0 Å². The fraction of sp³-hybridized carbons (Fsp3) is 0.292. The molecule has 0 saturated carbocycles. The van der Waals surface area contributed by atoms with Gasteiger partial charge in [-0.25, -0.2) is 8.42 Å². The average molecular weight is 487 g/mol. The number of benzene rings is 2. The zero-order chi connectivity index (χ0) is 23.3. The fourth-order valence-corrected chi connectivity index (χ4v) is 6.44. The highest BCUT2D eigenvalue weighted by Gasteiger charge is 2.31. The van der Waals surface area contributed by atoms with Crippen LogP contribution in [-0.4, -0.2) is 62.9 Å². The predicted octanol–water partition coefficient (Wildman–Crippen LogP) is 3.66. The molecule has 1 saturated heterocycles. The van der Waals surface area contributed by atoms with Gasteiger partial charge in [0.1, 0.15) is 28.9 Å². The summed E-state index contributed by atoms with van der Waals surface area (Å²) < 4.78 is 39.0. The van der Waals surface area contributed by atoms with Gasteiger partial charge in [0.2, 0.25) is 0 Å². The van der Waals surface area contributed by atoms with Crippen molar-refractivity contribution in [1.29, 1.82) is 0 Å². The molecule has 0 atom stereocenters. The molecule has 4 rings (SSSR count). The van der Waals surface area contributed by atoms with E-state index in [0.29, 0.717) is 41.8 Å². The molecule has 7 nitrogen and oxygen atoms in total. The molecule has 0 unspecified atom stereocenters. The summed E-state index contributed by atoms with van der Waals surface area (Å²) in [6.07, 6.45) is 0. The maximum Gasteiger partial charge on any atom is 0.257 e. The number of para-hydroxylation sites is 2. The zero-order valence-corrected chi connectivity index (χ0v) is 20.0. The Morgan fingerprint density at radius 2 is 1.55 bits per heavy atom. The number of carbonyl (C=O) groups excluding carboxylic acids is 1. The summed E-state index contributed by atoms with van der Waals surface area (Å²) in [6, 6.07) is 20.0. The van der Waals surface area contributed by atoms with Crippen molar-refractivity contribution in [2.75, 3.05) is 39.4 Å². The van der Waals surface area contributed by atoms with Crippen molar-refractivity contribution in [3.05, 3.63) is 77.2 Å². The van der Waals surface area contributed by atoms with Crippen LogP contribution in [-0.2, 0) is 10.0 Å². The molecule has 9 heteroatoms. The molecule has 1 amide bonds. The van der Waals surface area contributed by atoms with Crippen LogP contribution in [0.4, 0.5) is 0 Å². The molecular weight excluding hydrogens is 460 g/mol. The highest BCUT2D eigenvalue weighted by Crippen LogP contribution is 2.26. The van der Waals surface area contributed by atoms with Gasteiger partial charge in [-0.1, -0.05) is 30.3 Å². The Hall–Kier alpha value is -2.88. The summed E-state index contributed by atoms with van der Waals surface area (Å²) in [6.45, 7) is 3.71. The van der Waals surface area contributed by atoms with Crippen LogP contribution in [0.15, 0.2) is 70.9 Å². The van der Waals surface area contributed by atoms with Gasteiger partial charge in [0.25, 0.3) is 15.9 Å². The summed E-state index contributed by atoms with van der Waals surface area (Å²) >= 11 is 1.27. The first-order valence-corrected chi connectivity index (χ1v) is 13.0. The monoisotopic (exact) mass is 486 g/mol. The third-order valence-electron chi connectivity index (χ3n) is 5.31. The van der Waals surface area contributed by atoms with Crippen LogP contribution in [0, 0.1) is 6.92 Å². The van der Waals surface area contributed by atoms with E-state index in [1.54, 1.807) is 35.2 Å². The maximum atomic E-state index is 13.2. The van der Waals surface area contributed by atoms with Crippen molar-refractivity contribution in [3.8, 4) is 11.5 Å². The molecule has 0 aliphatic carbocycles. The minimum atomic E-state index is -3.53. The number of sulfonamides is 1. The Kier molecular flexibility index (Phi) is 7.32. The Morgan fingerprint density at radius 3 is 2.24 bits per heavy atom. The minimum Gasteiger partial charge on any atom is -0.490 e. The number of thiophene rings is 1. The molecule has 2 aromatic carbocycles. The van der Waals surface area contributed by atoms with Gasteiger partial charge in [0, 0.05) is 31.1 Å². The van der Waals surface area contributed by atoms with Gasteiger partial charge in [-0.05, 0) is 43.3 Å². The first kappa shape index (κ1) is 23.3. The predicted molar refractivity (Wildman–Crippen MR) is 128 cm³/mol. The van der Waals surface area contributed by atoms with Crippen LogP contribution >= 0.6 is 11.3 Å². The van der Waals surface area contributed by atoms with Gasteiger partial charge in [0.05, 0.1) is 5.56 Å². The van der Waals surface area contributed by atoms with Gasteiger partial charge < -0.3 is 14.4 Å². The molecule has 1 aliphatic heterocycles. The molecule has 1 aromatic heterocycles. The normalized spacial score (nSPS) is 14.8. The molecule has 174 valence electrons. The Balaban J connectivity index is 1.34. The van der Waals surface area contributed by atoms with Crippen molar-refractivity contribution < 1.29 is 22.7 Å². The van der Waals surface area contributed by atoms with E-state index in [0.717, 1.165) is 10.6 Å². The minimum absolute atomic E-state index is 0.168. The van der Waals surface area contributed by atoms with Crippen molar-refractivity contribution in [2.24, 2.45) is 0 Å². The second-order valence-corrected chi connectivity index (χ2v) is 11.0. The van der Waals surface area contributed by atoms with Crippen LogP contribution in [0.2, 0.25) is 0 Å². The van der Waals surface area contributed by atoms with Gasteiger partial charge in [0.15, 0.2) is 0 Å². The fourth-order valence-electron chi connectivity index (χ4n) is 3.58. The standard InChI is InChI=1S/C24H26N2O5S2/c1-19-11-12-23(32-19)33(28,29)26-15-13-25(14-16-26)24(27)21-9-5-6-10-22(21)31-18-17-30-20-7-3-2-4-8-20/h2-12H,13-18H2,1H3. The molecule has 0 N–H and O–H groups in total. The molecule has 33 heavy (non-hydrogen) atoms. The number of hydrogen-bond donors (Lipinski definition) is 0. The molecule has 0 bridgehead atoms. The first-order valence-electron chi connectivity index (χ1n) is 10.7. The number of nitrogens with zero attached hydrogens (tertiary/aromatic N) is 2. The number of carbonyl (C=O) groups is 1. The van der Waals surface area contributed by atoms with E-state index < -0.39 is 10.0 Å². The summed E-state index contributed by atoms with van der Waals surface area (Å²) in [5, 5.41) is 0. The SMILES string of the molecule is Cc1ccc(S(=O)(=O)N2CCN(C(=O)c3ccccc3OCCOc3ccccc3)CC2)s1. The summed E-state index contributed by atoms with van der Waals surface area (Å²) in [4.78, 5) is 15.8. The van der Waals surface area contributed by atoms with E-state index >= 15 is 0 Å². The lowest BCUT2D eigenvalue weighted by Crippen LogP contribution is -2.50. The lowest BCUT2D eigenvalue weighted by Gasteiger charge is -2.34. The van der Waals surface area contributed by atoms with Crippen molar-refractivity contribution in [2.45, 2.75) is 11.1 Å². The maximum absolute atomic E-state index is 13.2. The number of hydrogen-bond acceptors (Lipinski definition) is 6. The smallest absolute Gasteiger partial charge is 0.257 e. The molecule has 2 heterocycles. The number of rotatable bonds is 8. The van der Waals surface area contributed by atoms with Crippen molar-refractivity contribution in [1.82, 2.24) is 9.21 Å². The van der Waals surface area contributed by atoms with E-state index in [1.807, 2.05) is 43.3 Å². The lowest BCUT2D eigenvalue weighted by atomic mass is 10.1. The number of amides is 1. The molecular formula is C24H26N2O5S2. The Morgan fingerprint density at radius 1 is 0.879 bits per heavy atom. The van der Waals surface area contributed by atoms with E-state index in [1.165, 1.54) is 15.6 Å². The van der Waals surface area contributed by atoms with E-state index in [-0.39, 0.29) is 19.0 Å². The second kappa shape index (κ2) is 10.4. The Labute approximate surface area is 198 Å². The van der Waals surface area contributed by atoms with Crippen LogP contribution in [0.3, 0.4) is 0 Å². The Bertz CT molecular complexity index is 1190. The van der Waals surface area contributed by atoms with E-state index in [2.05, 4.69) is 0 Å². The molecule has 0 spiro atoms. The highest BCUT2D eigenvalue weighted by molar-refractivity contribution is 7.91. The number of ether oxygens (including phenoxy) is 2. The third kappa shape index (κ3) is 5.55. The second-order valence-electron chi connectivity index (χ2n) is 7.57. The summed E-state index contributed by atoms with van der Waals surface area (Å²) in [5.41, 5.74) is 0.461. The van der Waals surface area contributed by atoms with Crippen molar-refractivity contribution >= 4 is 27.3 Å². The lowest BCUT2D eigenvalue weighted by molar-refractivity contribution is 0.0692. The van der Waals surface area contributed by atoms with E-state index in [4.69, 9.17) is 9.47 Å². The molecule has 1 aliphatic rings. The van der Waals surface area contributed by atoms with Crippen LogP contribution in [0.25, 0.3) is 0 Å². The van der Waals surface area contributed by atoms with Crippen molar-refractivity contribution in [3.63, 3.8) is 0 Å². The zero-order valence-electron chi connectivity index (χ0n) is 18.3. The topological polar surface area (TPSA) is 76.2 Å². The molecule has 0 radical (unpaired) electrons. The van der Waals surface area contributed by atoms with Gasteiger partial charge in [-0.15, -0.1) is 11.3 Å². The average Bonchev–Trinajstić information content (AvgIpc) is 3.29. The molecule has 3 aromatic rings. The first-order chi connectivity index (χ1) is 15.9. The van der Waals surface area contributed by atoms with Crippen LogP contribution < -0.4 is 9.47 Å². The van der Waals surface area contributed by atoms with Crippen LogP contribution in [0.1, 0.15) is 15.2 Å². The van der Waals surface area contributed by atoms with Gasteiger partial charge in [-0.3, -0.25) is 4.79 Å². The van der Waals surface area contributed by atoms with Crippen LogP contribution in [0.5, 0.6) is 11.5 Å². The number of aryl methyl sites for hydroxylation is 1. The largest absolute Gasteiger partial charge is 0.490 e. The number of piperazine rings is 1. The van der Waals surface area contributed by atoms with E-state index in [9.17, 15) is 13.2 Å². The highest BCUT2D eigenvalue weighted by atomic mass is 32.2.